The van der Waals surface area contributed by atoms with Crippen molar-refractivity contribution in [3.63, 3.8) is 0 Å². The molecule has 0 aromatic carbocycles. The van der Waals surface area contributed by atoms with Crippen molar-refractivity contribution in [2.75, 3.05) is 13.1 Å². The molecule has 2 saturated heterocycles. The summed E-state index contributed by atoms with van der Waals surface area (Å²) in [7, 11) is 0. The summed E-state index contributed by atoms with van der Waals surface area (Å²) >= 11 is 0. The first kappa shape index (κ1) is 19.7. The van der Waals surface area contributed by atoms with E-state index in [4.69, 9.17) is 4.42 Å². The van der Waals surface area contributed by atoms with Crippen LogP contribution in [0.15, 0.2) is 4.42 Å². The highest BCUT2D eigenvalue weighted by Crippen LogP contribution is 2.34. The summed E-state index contributed by atoms with van der Waals surface area (Å²) in [6, 6.07) is 0.165. The van der Waals surface area contributed by atoms with Crippen LogP contribution in [0.4, 0.5) is 8.78 Å². The standard InChI is InChI=1S/C19H29F2N5O2/c1-11(2)18-25-24-16(28-18)8-14-9-22-17(27)15-7-13(10-26(14)15)23-12-3-5-19(20,21)6-4-12/h11-15,23H,3-10H2,1-2H3,(H,22,27)/t13-,14+,15-/m0/s1. The van der Waals surface area contributed by atoms with Gasteiger partial charge in [0.2, 0.25) is 23.6 Å². The average molecular weight is 397 g/mol. The number of rotatable bonds is 5. The van der Waals surface area contributed by atoms with Gasteiger partial charge in [-0.25, -0.2) is 8.78 Å². The Morgan fingerprint density at radius 1 is 1.29 bits per heavy atom. The predicted octanol–water partition coefficient (Wildman–Crippen LogP) is 1.84. The third kappa shape index (κ3) is 4.20. The maximum atomic E-state index is 13.4. The Labute approximate surface area is 163 Å². The van der Waals surface area contributed by atoms with E-state index in [1.54, 1.807) is 0 Å². The molecule has 9 heteroatoms. The molecule has 2 aliphatic heterocycles. The van der Waals surface area contributed by atoms with E-state index in [1.165, 1.54) is 0 Å². The first-order valence-electron chi connectivity index (χ1n) is 10.3. The van der Waals surface area contributed by atoms with Crippen molar-refractivity contribution in [2.24, 2.45) is 0 Å². The molecule has 4 rings (SSSR count). The van der Waals surface area contributed by atoms with Gasteiger partial charge >= 0.3 is 0 Å². The number of carbonyl (C=O) groups excluding carboxylic acids is 1. The largest absolute Gasteiger partial charge is 0.425 e. The van der Waals surface area contributed by atoms with Crippen molar-refractivity contribution < 1.29 is 18.0 Å². The molecule has 1 aromatic heterocycles. The van der Waals surface area contributed by atoms with Crippen LogP contribution in [0.25, 0.3) is 0 Å². The number of alkyl halides is 2. The quantitative estimate of drug-likeness (QED) is 0.789. The van der Waals surface area contributed by atoms with Crippen LogP contribution in [0.2, 0.25) is 0 Å². The molecular weight excluding hydrogens is 368 g/mol. The Balaban J connectivity index is 1.37. The van der Waals surface area contributed by atoms with Crippen LogP contribution in [0.5, 0.6) is 0 Å². The fraction of sp³-hybridized carbons (Fsp3) is 0.842. The van der Waals surface area contributed by atoms with Gasteiger partial charge in [0.25, 0.3) is 0 Å². The minimum Gasteiger partial charge on any atom is -0.425 e. The molecule has 1 saturated carbocycles. The van der Waals surface area contributed by atoms with Gasteiger partial charge in [-0.3, -0.25) is 9.69 Å². The van der Waals surface area contributed by atoms with Gasteiger partial charge in [0.1, 0.15) is 0 Å². The molecule has 1 aromatic rings. The smallest absolute Gasteiger partial charge is 0.248 e. The van der Waals surface area contributed by atoms with Crippen molar-refractivity contribution in [3.05, 3.63) is 11.8 Å². The third-order valence-electron chi connectivity index (χ3n) is 6.20. The van der Waals surface area contributed by atoms with Crippen LogP contribution in [-0.2, 0) is 11.2 Å². The van der Waals surface area contributed by atoms with Crippen LogP contribution < -0.4 is 10.6 Å². The first-order chi connectivity index (χ1) is 13.3. The lowest BCUT2D eigenvalue weighted by Gasteiger charge is -2.36. The number of carbonyl (C=O) groups is 1. The summed E-state index contributed by atoms with van der Waals surface area (Å²) in [5.74, 6) is -1.07. The first-order valence-corrected chi connectivity index (χ1v) is 10.3. The molecular formula is C19H29F2N5O2. The fourth-order valence-corrected chi connectivity index (χ4v) is 4.61. The molecule has 156 valence electrons. The van der Waals surface area contributed by atoms with Crippen molar-refractivity contribution >= 4 is 5.91 Å². The molecule has 1 amide bonds. The van der Waals surface area contributed by atoms with Crippen molar-refractivity contribution in [1.29, 1.82) is 0 Å². The summed E-state index contributed by atoms with van der Waals surface area (Å²) < 4.78 is 32.5. The summed E-state index contributed by atoms with van der Waals surface area (Å²) in [6.45, 7) is 5.30. The molecule has 7 nitrogen and oxygen atoms in total. The minimum atomic E-state index is -2.52. The maximum absolute atomic E-state index is 13.4. The summed E-state index contributed by atoms with van der Waals surface area (Å²) in [6.07, 6.45) is 2.18. The molecule has 0 unspecified atom stereocenters. The maximum Gasteiger partial charge on any atom is 0.248 e. The zero-order valence-electron chi connectivity index (χ0n) is 16.5. The predicted molar refractivity (Wildman–Crippen MR) is 98.1 cm³/mol. The summed E-state index contributed by atoms with van der Waals surface area (Å²) in [5, 5.41) is 14.8. The van der Waals surface area contributed by atoms with Crippen molar-refractivity contribution in [3.8, 4) is 0 Å². The van der Waals surface area contributed by atoms with Crippen LogP contribution >= 0.6 is 0 Å². The lowest BCUT2D eigenvalue weighted by molar-refractivity contribution is -0.129. The number of fused-ring (bicyclic) bond motifs is 1. The van der Waals surface area contributed by atoms with E-state index in [0.717, 1.165) is 6.54 Å². The molecule has 28 heavy (non-hydrogen) atoms. The van der Waals surface area contributed by atoms with Gasteiger partial charge in [0, 0.05) is 56.4 Å². The number of nitrogens with zero attached hydrogens (tertiary/aromatic N) is 3. The highest BCUT2D eigenvalue weighted by atomic mass is 19.3. The zero-order valence-corrected chi connectivity index (χ0v) is 16.5. The Morgan fingerprint density at radius 2 is 2.04 bits per heavy atom. The van der Waals surface area contributed by atoms with Crippen molar-refractivity contribution in [1.82, 2.24) is 25.7 Å². The van der Waals surface area contributed by atoms with Crippen LogP contribution in [0.1, 0.15) is 63.7 Å². The Bertz CT molecular complexity index is 700. The second-order valence-electron chi connectivity index (χ2n) is 8.73. The van der Waals surface area contributed by atoms with Gasteiger partial charge in [-0.05, 0) is 19.3 Å². The zero-order chi connectivity index (χ0) is 19.9. The lowest BCUT2D eigenvalue weighted by Crippen LogP contribution is -2.58. The molecule has 2 N–H and O–H groups in total. The number of nitrogens with one attached hydrogen (secondary N) is 2. The van der Waals surface area contributed by atoms with E-state index >= 15 is 0 Å². The Hall–Kier alpha value is -1.61. The summed E-state index contributed by atoms with van der Waals surface area (Å²) in [4.78, 5) is 14.6. The number of piperazine rings is 1. The van der Waals surface area contributed by atoms with E-state index < -0.39 is 5.92 Å². The molecule has 3 fully saturated rings. The molecule has 0 bridgehead atoms. The summed E-state index contributed by atoms with van der Waals surface area (Å²) in [5.41, 5.74) is 0. The number of halogens is 2. The van der Waals surface area contributed by atoms with Gasteiger partial charge in [0.05, 0.1) is 6.04 Å². The fourth-order valence-electron chi connectivity index (χ4n) is 4.61. The Kier molecular flexibility index (Phi) is 5.39. The molecule has 3 heterocycles. The number of hydrogen-bond acceptors (Lipinski definition) is 6. The minimum absolute atomic E-state index is 0.0455. The third-order valence-corrected chi connectivity index (χ3v) is 6.20. The number of amides is 1. The second-order valence-corrected chi connectivity index (χ2v) is 8.73. The van der Waals surface area contributed by atoms with Gasteiger partial charge in [-0.1, -0.05) is 13.8 Å². The van der Waals surface area contributed by atoms with Gasteiger partial charge in [-0.15, -0.1) is 10.2 Å². The van der Waals surface area contributed by atoms with Gasteiger partial charge in [-0.2, -0.15) is 0 Å². The van der Waals surface area contributed by atoms with Gasteiger partial charge < -0.3 is 15.1 Å². The molecule has 1 aliphatic carbocycles. The lowest BCUT2D eigenvalue weighted by atomic mass is 9.91. The van der Waals surface area contributed by atoms with Crippen molar-refractivity contribution in [2.45, 2.75) is 88.4 Å². The van der Waals surface area contributed by atoms with E-state index in [-0.39, 0.29) is 48.8 Å². The molecule has 0 spiro atoms. The van der Waals surface area contributed by atoms with E-state index in [1.807, 2.05) is 13.8 Å². The Morgan fingerprint density at radius 3 is 2.71 bits per heavy atom. The molecule has 3 aliphatic rings. The van der Waals surface area contributed by atoms with Crippen LogP contribution in [0, 0.1) is 0 Å². The van der Waals surface area contributed by atoms with Gasteiger partial charge in [0.15, 0.2) is 0 Å². The van der Waals surface area contributed by atoms with Crippen LogP contribution in [-0.4, -0.2) is 64.2 Å². The highest BCUT2D eigenvalue weighted by Gasteiger charge is 2.45. The normalized spacial score (nSPS) is 31.2. The molecule has 0 radical (unpaired) electrons. The SMILES string of the molecule is CC(C)c1nnc(C[C@@H]2CNC(=O)[C@@H]3C[C@H](NC4CCC(F)(F)CC4)CN23)o1. The van der Waals surface area contributed by atoms with E-state index in [9.17, 15) is 13.6 Å². The molecule has 3 atom stereocenters. The monoisotopic (exact) mass is 397 g/mol. The number of aromatic nitrogens is 2. The number of hydrogen-bond donors (Lipinski definition) is 2. The van der Waals surface area contributed by atoms with E-state index in [0.29, 0.717) is 44.0 Å². The van der Waals surface area contributed by atoms with E-state index in [2.05, 4.69) is 25.7 Å². The average Bonchev–Trinajstić information content (AvgIpc) is 3.27. The topological polar surface area (TPSA) is 83.3 Å². The van der Waals surface area contributed by atoms with Crippen LogP contribution in [0.3, 0.4) is 0 Å². The second kappa shape index (κ2) is 7.67. The highest BCUT2D eigenvalue weighted by molar-refractivity contribution is 5.83.